The normalized spacial score (nSPS) is 17.9. The third-order valence-corrected chi connectivity index (χ3v) is 5.00. The average molecular weight is 299 g/mol. The van der Waals surface area contributed by atoms with Gasteiger partial charge in [-0.3, -0.25) is 4.79 Å². The van der Waals surface area contributed by atoms with E-state index < -0.39 is 20.5 Å². The second kappa shape index (κ2) is 5.52. The summed E-state index contributed by atoms with van der Waals surface area (Å²) < 4.78 is 35.4. The fraction of sp³-hybridized carbons (Fsp3) is 0.500. The molecule has 0 aliphatic heterocycles. The highest BCUT2D eigenvalue weighted by atomic mass is 32.3. The van der Waals surface area contributed by atoms with Gasteiger partial charge in [0.1, 0.15) is 4.90 Å². The molecule has 1 aromatic rings. The van der Waals surface area contributed by atoms with E-state index in [1.807, 2.05) is 6.92 Å². The molecule has 1 N–H and O–H groups in total. The molecule has 0 atom stereocenters. The van der Waals surface area contributed by atoms with Crippen molar-refractivity contribution in [3.63, 3.8) is 0 Å². The molecule has 2 rings (SSSR count). The van der Waals surface area contributed by atoms with Crippen LogP contribution in [-0.4, -0.2) is 14.3 Å². The predicted octanol–water partition coefficient (Wildman–Crippen LogP) is 3.25. The highest BCUT2D eigenvalue weighted by Crippen LogP contribution is 2.42. The molecule has 1 saturated carbocycles. The Morgan fingerprint density at radius 1 is 1.30 bits per heavy atom. The molecule has 4 nitrogen and oxygen atoms in total. The van der Waals surface area contributed by atoms with Crippen molar-refractivity contribution in [1.82, 2.24) is 0 Å². The molecule has 1 aliphatic rings. The summed E-state index contributed by atoms with van der Waals surface area (Å²) in [6, 6.07) is 5.55. The van der Waals surface area contributed by atoms with Gasteiger partial charge in [0.2, 0.25) is 5.91 Å². The summed E-state index contributed by atoms with van der Waals surface area (Å²) in [6.07, 6.45) is 4.26. The van der Waals surface area contributed by atoms with E-state index in [-0.39, 0.29) is 11.6 Å². The summed E-state index contributed by atoms with van der Waals surface area (Å²) in [7, 11) is -4.84. The number of anilines is 1. The van der Waals surface area contributed by atoms with Crippen molar-refractivity contribution in [1.29, 1.82) is 0 Å². The number of para-hydroxylation sites is 1. The largest absolute Gasteiger partial charge is 0.334 e. The number of carbonyl (C=O) groups is 1. The highest BCUT2D eigenvalue weighted by Gasteiger charge is 2.39. The second-order valence-electron chi connectivity index (χ2n) is 5.23. The zero-order valence-electron chi connectivity index (χ0n) is 11.4. The summed E-state index contributed by atoms with van der Waals surface area (Å²) in [5.41, 5.74) is -0.438. The summed E-state index contributed by atoms with van der Waals surface area (Å²) in [5, 5.41) is 2.59. The molecule has 1 fully saturated rings. The van der Waals surface area contributed by atoms with Crippen LogP contribution >= 0.6 is 0 Å². The smallest absolute Gasteiger partial charge is 0.324 e. The van der Waals surface area contributed by atoms with Crippen molar-refractivity contribution in [2.24, 2.45) is 5.41 Å². The van der Waals surface area contributed by atoms with Crippen LogP contribution < -0.4 is 5.32 Å². The molecule has 0 aromatic heterocycles. The van der Waals surface area contributed by atoms with Gasteiger partial charge in [-0.1, -0.05) is 31.9 Å². The topological polar surface area (TPSA) is 63.2 Å². The fourth-order valence-corrected chi connectivity index (χ4v) is 3.45. The van der Waals surface area contributed by atoms with E-state index >= 15 is 0 Å². The lowest BCUT2D eigenvalue weighted by Gasteiger charge is -2.26. The summed E-state index contributed by atoms with van der Waals surface area (Å²) in [4.78, 5) is 11.9. The average Bonchev–Trinajstić information content (AvgIpc) is 2.88. The second-order valence-corrected chi connectivity index (χ2v) is 6.54. The van der Waals surface area contributed by atoms with E-state index in [1.165, 1.54) is 12.1 Å². The van der Waals surface area contributed by atoms with Gasteiger partial charge in [-0.2, -0.15) is 8.42 Å². The summed E-state index contributed by atoms with van der Waals surface area (Å²) in [6.45, 7) is 1.95. The van der Waals surface area contributed by atoms with Crippen molar-refractivity contribution < 1.29 is 17.1 Å². The Morgan fingerprint density at radius 2 is 1.90 bits per heavy atom. The first-order valence-corrected chi connectivity index (χ1v) is 8.12. The molecular weight excluding hydrogens is 281 g/mol. The fourth-order valence-electron chi connectivity index (χ4n) is 2.83. The van der Waals surface area contributed by atoms with Crippen LogP contribution in [0.1, 0.15) is 39.0 Å². The zero-order chi connectivity index (χ0) is 14.8. The molecule has 0 heterocycles. The molecule has 0 saturated heterocycles. The third-order valence-electron chi connectivity index (χ3n) is 4.12. The Bertz CT molecular complexity index is 607. The van der Waals surface area contributed by atoms with Crippen molar-refractivity contribution in [3.8, 4) is 0 Å². The van der Waals surface area contributed by atoms with Gasteiger partial charge in [0.15, 0.2) is 0 Å². The number of carbonyl (C=O) groups excluding carboxylic acids is 1. The van der Waals surface area contributed by atoms with Crippen LogP contribution in [0.3, 0.4) is 0 Å². The molecule has 0 unspecified atom stereocenters. The van der Waals surface area contributed by atoms with Crippen molar-refractivity contribution >= 4 is 21.8 Å². The first-order chi connectivity index (χ1) is 9.39. The van der Waals surface area contributed by atoms with Gasteiger partial charge in [-0.05, 0) is 31.4 Å². The van der Waals surface area contributed by atoms with Gasteiger partial charge in [-0.15, -0.1) is 3.89 Å². The zero-order valence-corrected chi connectivity index (χ0v) is 12.2. The minimum Gasteiger partial charge on any atom is -0.324 e. The molecular formula is C14H18FNO3S. The molecule has 0 bridgehead atoms. The first kappa shape index (κ1) is 15.0. The van der Waals surface area contributed by atoms with Crippen LogP contribution in [-0.2, 0) is 15.0 Å². The lowest BCUT2D eigenvalue weighted by molar-refractivity contribution is -0.125. The Morgan fingerprint density at radius 3 is 2.45 bits per heavy atom. The van der Waals surface area contributed by atoms with Gasteiger partial charge in [-0.25, -0.2) is 0 Å². The minimum atomic E-state index is -4.84. The molecule has 1 aromatic carbocycles. The molecule has 110 valence electrons. The number of hydrogen-bond donors (Lipinski definition) is 1. The Hall–Kier alpha value is -1.43. The highest BCUT2D eigenvalue weighted by molar-refractivity contribution is 7.86. The van der Waals surface area contributed by atoms with Crippen molar-refractivity contribution in [3.05, 3.63) is 24.3 Å². The number of nitrogens with one attached hydrogen (secondary N) is 1. The van der Waals surface area contributed by atoms with E-state index in [0.29, 0.717) is 6.42 Å². The maximum atomic E-state index is 13.2. The van der Waals surface area contributed by atoms with Gasteiger partial charge in [0, 0.05) is 5.41 Å². The monoisotopic (exact) mass is 299 g/mol. The number of rotatable bonds is 4. The first-order valence-electron chi connectivity index (χ1n) is 6.74. The van der Waals surface area contributed by atoms with Gasteiger partial charge >= 0.3 is 10.2 Å². The van der Waals surface area contributed by atoms with Crippen LogP contribution in [0.15, 0.2) is 29.2 Å². The molecule has 1 aliphatic carbocycles. The molecule has 20 heavy (non-hydrogen) atoms. The van der Waals surface area contributed by atoms with Crippen LogP contribution in [0.5, 0.6) is 0 Å². The van der Waals surface area contributed by atoms with Gasteiger partial charge in [0.25, 0.3) is 0 Å². The van der Waals surface area contributed by atoms with E-state index in [0.717, 1.165) is 31.7 Å². The van der Waals surface area contributed by atoms with Crippen molar-refractivity contribution in [2.45, 2.75) is 43.9 Å². The minimum absolute atomic E-state index is 0.0136. The van der Waals surface area contributed by atoms with Gasteiger partial charge in [0.05, 0.1) is 5.69 Å². The molecule has 1 amide bonds. The number of halogens is 1. The van der Waals surface area contributed by atoms with E-state index in [9.17, 15) is 17.1 Å². The van der Waals surface area contributed by atoms with Crippen LogP contribution in [0.4, 0.5) is 9.57 Å². The summed E-state index contributed by atoms with van der Waals surface area (Å²) in [5.74, 6) is -0.214. The quantitative estimate of drug-likeness (QED) is 0.868. The Balaban J connectivity index is 2.29. The maximum Gasteiger partial charge on any atom is 0.334 e. The van der Waals surface area contributed by atoms with Crippen LogP contribution in [0.25, 0.3) is 0 Å². The Kier molecular flexibility index (Phi) is 4.13. The van der Waals surface area contributed by atoms with Crippen LogP contribution in [0.2, 0.25) is 0 Å². The van der Waals surface area contributed by atoms with Gasteiger partial charge < -0.3 is 5.32 Å². The van der Waals surface area contributed by atoms with E-state index in [4.69, 9.17) is 0 Å². The van der Waals surface area contributed by atoms with Crippen molar-refractivity contribution in [2.75, 3.05) is 5.32 Å². The lowest BCUT2D eigenvalue weighted by atomic mass is 9.82. The molecule has 6 heteroatoms. The van der Waals surface area contributed by atoms with E-state index in [1.54, 1.807) is 6.07 Å². The predicted molar refractivity (Wildman–Crippen MR) is 74.6 cm³/mol. The number of hydrogen-bond acceptors (Lipinski definition) is 3. The SMILES string of the molecule is CCC1(C(=O)Nc2ccccc2S(=O)(=O)F)CCCC1. The molecule has 0 radical (unpaired) electrons. The standard InChI is InChI=1S/C14H18FNO3S/c1-2-14(9-5-6-10-14)13(17)16-11-7-3-4-8-12(11)20(15,18)19/h3-4,7-8H,2,5-6,9-10H2,1H3,(H,16,17). The Labute approximate surface area is 118 Å². The molecule has 0 spiro atoms. The lowest BCUT2D eigenvalue weighted by Crippen LogP contribution is -2.33. The van der Waals surface area contributed by atoms with E-state index in [2.05, 4.69) is 5.32 Å². The number of amides is 1. The summed E-state index contributed by atoms with van der Waals surface area (Å²) >= 11 is 0. The number of benzene rings is 1. The third kappa shape index (κ3) is 2.85. The maximum absolute atomic E-state index is 13.2. The van der Waals surface area contributed by atoms with Crippen LogP contribution in [0, 0.1) is 5.41 Å².